The molecular weight excluding hydrogens is 397 g/mol. The zero-order chi connectivity index (χ0) is 22.0. The Kier molecular flexibility index (Phi) is 5.93. The van der Waals surface area contributed by atoms with Crippen LogP contribution in [0.25, 0.3) is 10.9 Å². The summed E-state index contributed by atoms with van der Waals surface area (Å²) in [5.74, 6) is 0.452. The molecule has 4 rings (SSSR count). The molecule has 0 radical (unpaired) electrons. The zero-order valence-electron chi connectivity index (χ0n) is 17.8. The van der Waals surface area contributed by atoms with Crippen LogP contribution in [0.15, 0.2) is 42.5 Å². The highest BCUT2D eigenvalue weighted by atomic mass is 19.1. The van der Waals surface area contributed by atoms with Gasteiger partial charge < -0.3 is 19.5 Å². The molecule has 0 atom stereocenters. The lowest BCUT2D eigenvalue weighted by Crippen LogP contribution is -2.51. The molecule has 1 aromatic heterocycles. The maximum Gasteiger partial charge on any atom is 0.227 e. The predicted octanol–water partition coefficient (Wildman–Crippen LogP) is 3.08. The van der Waals surface area contributed by atoms with Gasteiger partial charge in [0.25, 0.3) is 0 Å². The van der Waals surface area contributed by atoms with Crippen molar-refractivity contribution in [2.24, 2.45) is 0 Å². The van der Waals surface area contributed by atoms with E-state index in [0.29, 0.717) is 32.6 Å². The third-order valence-electron chi connectivity index (χ3n) is 5.88. The number of aromatic nitrogens is 1. The van der Waals surface area contributed by atoms with Gasteiger partial charge in [0.1, 0.15) is 11.6 Å². The molecule has 0 unspecified atom stereocenters. The predicted molar refractivity (Wildman–Crippen MR) is 117 cm³/mol. The third-order valence-corrected chi connectivity index (χ3v) is 5.88. The normalized spacial score (nSPS) is 14.2. The average molecular weight is 423 g/mol. The molecule has 2 amide bonds. The SMILES string of the molecule is COc1cccc(CC(=O)N2CCN(C(=O)Cc3c(C)[nH]c4ccc(F)cc34)CC2)c1. The second-order valence-corrected chi connectivity index (χ2v) is 7.89. The second-order valence-electron chi connectivity index (χ2n) is 7.89. The summed E-state index contributed by atoms with van der Waals surface area (Å²) in [6.07, 6.45) is 0.526. The molecule has 1 saturated heterocycles. The van der Waals surface area contributed by atoms with Crippen LogP contribution in [0.3, 0.4) is 0 Å². The number of halogens is 1. The van der Waals surface area contributed by atoms with E-state index < -0.39 is 0 Å². The molecule has 1 aliphatic heterocycles. The van der Waals surface area contributed by atoms with Crippen LogP contribution >= 0.6 is 0 Å². The van der Waals surface area contributed by atoms with Crippen molar-refractivity contribution in [1.29, 1.82) is 0 Å². The molecule has 31 heavy (non-hydrogen) atoms. The van der Waals surface area contributed by atoms with Crippen LogP contribution in [-0.2, 0) is 22.4 Å². The minimum Gasteiger partial charge on any atom is -0.497 e. The average Bonchev–Trinajstić information content (AvgIpc) is 3.08. The number of aryl methyl sites for hydroxylation is 1. The van der Waals surface area contributed by atoms with Crippen molar-refractivity contribution in [3.05, 3.63) is 65.1 Å². The summed E-state index contributed by atoms with van der Waals surface area (Å²) in [6, 6.07) is 12.1. The van der Waals surface area contributed by atoms with Crippen molar-refractivity contribution < 1.29 is 18.7 Å². The Hall–Kier alpha value is -3.35. The first-order valence-corrected chi connectivity index (χ1v) is 10.4. The first-order chi connectivity index (χ1) is 14.9. The summed E-state index contributed by atoms with van der Waals surface area (Å²) >= 11 is 0. The number of nitrogens with zero attached hydrogens (tertiary/aromatic N) is 2. The number of benzene rings is 2. The molecule has 1 fully saturated rings. The standard InChI is InChI=1S/C24H26FN3O3/c1-16-20(21-14-18(25)6-7-22(21)26-16)15-24(30)28-10-8-27(9-11-28)23(29)13-17-4-3-5-19(12-17)31-2/h3-7,12,14,26H,8-11,13,15H2,1-2H3. The van der Waals surface area contributed by atoms with Gasteiger partial charge in [0, 0.05) is 42.8 Å². The van der Waals surface area contributed by atoms with Gasteiger partial charge in [-0.1, -0.05) is 12.1 Å². The Labute approximate surface area is 180 Å². The zero-order valence-corrected chi connectivity index (χ0v) is 17.8. The molecule has 0 spiro atoms. The fourth-order valence-electron chi connectivity index (χ4n) is 4.12. The highest BCUT2D eigenvalue weighted by molar-refractivity contribution is 5.90. The lowest BCUT2D eigenvalue weighted by molar-refractivity contribution is -0.138. The van der Waals surface area contributed by atoms with E-state index in [1.165, 1.54) is 12.1 Å². The smallest absolute Gasteiger partial charge is 0.227 e. The number of fused-ring (bicyclic) bond motifs is 1. The van der Waals surface area contributed by atoms with Gasteiger partial charge in [0.2, 0.25) is 11.8 Å². The number of hydrogen-bond donors (Lipinski definition) is 1. The summed E-state index contributed by atoms with van der Waals surface area (Å²) in [7, 11) is 1.60. The third kappa shape index (κ3) is 4.55. The van der Waals surface area contributed by atoms with E-state index in [9.17, 15) is 14.0 Å². The number of piperazine rings is 1. The van der Waals surface area contributed by atoms with Crippen molar-refractivity contribution in [3.8, 4) is 5.75 Å². The second kappa shape index (κ2) is 8.79. The number of H-pyrrole nitrogens is 1. The molecule has 2 aromatic carbocycles. The van der Waals surface area contributed by atoms with Gasteiger partial charge in [0.15, 0.2) is 0 Å². The van der Waals surface area contributed by atoms with E-state index >= 15 is 0 Å². The van der Waals surface area contributed by atoms with E-state index in [4.69, 9.17) is 4.74 Å². The van der Waals surface area contributed by atoms with Gasteiger partial charge >= 0.3 is 0 Å². The number of hydrogen-bond acceptors (Lipinski definition) is 3. The minimum absolute atomic E-state index is 0.00634. The molecule has 162 valence electrons. The summed E-state index contributed by atoms with van der Waals surface area (Å²) in [4.78, 5) is 32.4. The number of nitrogens with one attached hydrogen (secondary N) is 1. The molecule has 6 nitrogen and oxygen atoms in total. The van der Waals surface area contributed by atoms with Crippen molar-refractivity contribution in [2.45, 2.75) is 19.8 Å². The number of rotatable bonds is 5. The molecule has 0 bridgehead atoms. The van der Waals surface area contributed by atoms with Gasteiger partial charge in [0.05, 0.1) is 20.0 Å². The lowest BCUT2D eigenvalue weighted by atomic mass is 10.1. The van der Waals surface area contributed by atoms with Crippen molar-refractivity contribution >= 4 is 22.7 Å². The van der Waals surface area contributed by atoms with Crippen LogP contribution in [0.4, 0.5) is 4.39 Å². The van der Waals surface area contributed by atoms with E-state index in [1.807, 2.05) is 31.2 Å². The van der Waals surface area contributed by atoms with E-state index in [0.717, 1.165) is 33.5 Å². The maximum atomic E-state index is 13.7. The van der Waals surface area contributed by atoms with Crippen LogP contribution < -0.4 is 4.74 Å². The van der Waals surface area contributed by atoms with Gasteiger partial charge in [-0.25, -0.2) is 4.39 Å². The molecule has 0 aliphatic carbocycles. The lowest BCUT2D eigenvalue weighted by Gasteiger charge is -2.35. The Bertz CT molecular complexity index is 1120. The molecular formula is C24H26FN3O3. The van der Waals surface area contributed by atoms with Crippen molar-refractivity contribution in [3.63, 3.8) is 0 Å². The molecule has 1 N–H and O–H groups in total. The summed E-state index contributed by atoms with van der Waals surface area (Å²) in [5, 5.41) is 0.748. The van der Waals surface area contributed by atoms with E-state index in [2.05, 4.69) is 4.98 Å². The Morgan fingerprint density at radius 3 is 2.35 bits per heavy atom. The number of ether oxygens (including phenoxy) is 1. The first-order valence-electron chi connectivity index (χ1n) is 10.4. The fraction of sp³-hybridized carbons (Fsp3) is 0.333. The van der Waals surface area contributed by atoms with Crippen molar-refractivity contribution in [1.82, 2.24) is 14.8 Å². The fourth-order valence-corrected chi connectivity index (χ4v) is 4.12. The maximum absolute atomic E-state index is 13.7. The van der Waals surface area contributed by atoms with Crippen molar-refractivity contribution in [2.75, 3.05) is 33.3 Å². The van der Waals surface area contributed by atoms with Crippen LogP contribution in [-0.4, -0.2) is 59.9 Å². The van der Waals surface area contributed by atoms with Gasteiger partial charge in [-0.15, -0.1) is 0 Å². The minimum atomic E-state index is -0.316. The molecule has 1 aliphatic rings. The highest BCUT2D eigenvalue weighted by Gasteiger charge is 2.25. The Morgan fingerprint density at radius 2 is 1.68 bits per heavy atom. The van der Waals surface area contributed by atoms with Crippen LogP contribution in [0, 0.1) is 12.7 Å². The van der Waals surface area contributed by atoms with Crippen LogP contribution in [0.2, 0.25) is 0 Å². The van der Waals surface area contributed by atoms with Gasteiger partial charge in [-0.05, 0) is 48.4 Å². The Morgan fingerprint density at radius 1 is 1.00 bits per heavy atom. The number of methoxy groups -OCH3 is 1. The Balaban J connectivity index is 1.35. The molecule has 0 saturated carbocycles. The summed E-state index contributed by atoms with van der Waals surface area (Å²) in [6.45, 7) is 3.92. The largest absolute Gasteiger partial charge is 0.497 e. The molecule has 3 aromatic rings. The number of carbonyl (C=O) groups is 2. The van der Waals surface area contributed by atoms with Crippen LogP contribution in [0.1, 0.15) is 16.8 Å². The van der Waals surface area contributed by atoms with E-state index in [-0.39, 0.29) is 24.1 Å². The number of carbonyl (C=O) groups excluding carboxylic acids is 2. The monoisotopic (exact) mass is 423 g/mol. The van der Waals surface area contributed by atoms with Crippen LogP contribution in [0.5, 0.6) is 5.75 Å². The number of amides is 2. The molecule has 2 heterocycles. The van der Waals surface area contributed by atoms with Gasteiger partial charge in [-0.2, -0.15) is 0 Å². The topological polar surface area (TPSA) is 65.6 Å². The van der Waals surface area contributed by atoms with Gasteiger partial charge in [-0.3, -0.25) is 9.59 Å². The summed E-state index contributed by atoms with van der Waals surface area (Å²) in [5.41, 5.74) is 3.44. The van der Waals surface area contributed by atoms with E-state index in [1.54, 1.807) is 23.0 Å². The summed E-state index contributed by atoms with van der Waals surface area (Å²) < 4.78 is 18.9. The quantitative estimate of drug-likeness (QED) is 0.686. The first kappa shape index (κ1) is 20.9. The number of aromatic amines is 1. The molecule has 7 heteroatoms. The highest BCUT2D eigenvalue weighted by Crippen LogP contribution is 2.24.